The van der Waals surface area contributed by atoms with Crippen LogP contribution in [0.3, 0.4) is 0 Å². The Morgan fingerprint density at radius 2 is 1.61 bits per heavy atom. The maximum Gasteiger partial charge on any atom is 0.416 e. The Hall–Kier alpha value is -1.75. The Morgan fingerprint density at radius 3 is 2.17 bits per heavy atom. The molecule has 0 spiro atoms. The molecule has 0 aliphatic heterocycles. The molecular formula is C12H7ClF3NO. The molecule has 0 bridgehead atoms. The molecule has 0 unspecified atom stereocenters. The number of nitrogens with zero attached hydrogens (tertiary/aromatic N) is 1. The Bertz CT molecular complexity index is 567. The van der Waals surface area contributed by atoms with Crippen LogP contribution in [0.25, 0.3) is 11.3 Å². The highest BCUT2D eigenvalue weighted by Gasteiger charge is 2.30. The van der Waals surface area contributed by atoms with Crippen LogP contribution >= 0.6 is 11.6 Å². The molecule has 0 fully saturated rings. The van der Waals surface area contributed by atoms with Crippen LogP contribution in [0.2, 0.25) is 5.15 Å². The Labute approximate surface area is 106 Å². The average Bonchev–Trinajstić information content (AvgIpc) is 2.31. The van der Waals surface area contributed by atoms with Crippen molar-refractivity contribution in [1.82, 2.24) is 4.98 Å². The smallest absolute Gasteiger partial charge is 0.416 e. The molecule has 0 saturated heterocycles. The zero-order valence-electron chi connectivity index (χ0n) is 8.87. The zero-order chi connectivity index (χ0) is 13.3. The molecule has 0 saturated carbocycles. The summed E-state index contributed by atoms with van der Waals surface area (Å²) in [7, 11) is 0. The van der Waals surface area contributed by atoms with Crippen molar-refractivity contribution in [2.75, 3.05) is 0 Å². The summed E-state index contributed by atoms with van der Waals surface area (Å²) in [5, 5.41) is 9.73. The van der Waals surface area contributed by atoms with Gasteiger partial charge in [-0.25, -0.2) is 4.98 Å². The maximum absolute atomic E-state index is 12.4. The Balaban J connectivity index is 2.43. The molecule has 2 nitrogen and oxygen atoms in total. The van der Waals surface area contributed by atoms with Crippen LogP contribution in [-0.2, 0) is 6.18 Å². The summed E-state index contributed by atoms with van der Waals surface area (Å²) in [6, 6.07) is 7.06. The molecule has 0 aliphatic carbocycles. The molecule has 0 amide bonds. The normalized spacial score (nSPS) is 11.6. The number of benzene rings is 1. The van der Waals surface area contributed by atoms with Gasteiger partial charge in [0.05, 0.1) is 5.56 Å². The summed E-state index contributed by atoms with van der Waals surface area (Å²) in [5.74, 6) is -0.140. The topological polar surface area (TPSA) is 33.1 Å². The largest absolute Gasteiger partial charge is 0.506 e. The second-order valence-corrected chi connectivity index (χ2v) is 3.96. The summed E-state index contributed by atoms with van der Waals surface area (Å²) in [4.78, 5) is 3.87. The van der Waals surface area contributed by atoms with Crippen molar-refractivity contribution >= 4 is 11.6 Å². The van der Waals surface area contributed by atoms with Crippen LogP contribution < -0.4 is 0 Å². The van der Waals surface area contributed by atoms with Crippen molar-refractivity contribution in [1.29, 1.82) is 0 Å². The maximum atomic E-state index is 12.4. The van der Waals surface area contributed by atoms with E-state index in [1.54, 1.807) is 0 Å². The molecule has 6 heteroatoms. The fraction of sp³-hybridized carbons (Fsp3) is 0.0833. The van der Waals surface area contributed by atoms with Crippen molar-refractivity contribution < 1.29 is 18.3 Å². The first-order chi connectivity index (χ1) is 8.38. The molecule has 1 N–H and O–H groups in total. The van der Waals surface area contributed by atoms with E-state index in [0.29, 0.717) is 5.56 Å². The average molecular weight is 274 g/mol. The Morgan fingerprint density at radius 1 is 1.00 bits per heavy atom. The van der Waals surface area contributed by atoms with Gasteiger partial charge < -0.3 is 5.11 Å². The van der Waals surface area contributed by atoms with E-state index in [4.69, 9.17) is 11.6 Å². The summed E-state index contributed by atoms with van der Waals surface area (Å²) in [6.07, 6.45) is -4.39. The highest BCUT2D eigenvalue weighted by molar-refractivity contribution is 6.29. The van der Waals surface area contributed by atoms with Gasteiger partial charge in [0.15, 0.2) is 0 Å². The number of hydrogen-bond donors (Lipinski definition) is 1. The van der Waals surface area contributed by atoms with Gasteiger partial charge in [0.2, 0.25) is 0 Å². The van der Waals surface area contributed by atoms with Crippen LogP contribution in [0.5, 0.6) is 5.75 Å². The molecular weight excluding hydrogens is 267 g/mol. The lowest BCUT2D eigenvalue weighted by Gasteiger charge is -2.08. The van der Waals surface area contributed by atoms with Crippen LogP contribution in [-0.4, -0.2) is 10.1 Å². The lowest BCUT2D eigenvalue weighted by molar-refractivity contribution is -0.137. The number of alkyl halides is 3. The molecule has 1 heterocycles. The van der Waals surface area contributed by atoms with Gasteiger partial charge in [-0.05, 0) is 24.3 Å². The number of pyridine rings is 1. The van der Waals surface area contributed by atoms with Crippen LogP contribution in [0.15, 0.2) is 36.4 Å². The van der Waals surface area contributed by atoms with E-state index in [-0.39, 0.29) is 16.6 Å². The molecule has 2 rings (SSSR count). The van der Waals surface area contributed by atoms with Crippen molar-refractivity contribution in [2.45, 2.75) is 6.18 Å². The van der Waals surface area contributed by atoms with Gasteiger partial charge >= 0.3 is 6.18 Å². The van der Waals surface area contributed by atoms with Gasteiger partial charge in [-0.15, -0.1) is 0 Å². The van der Waals surface area contributed by atoms with E-state index < -0.39 is 11.7 Å². The number of hydrogen-bond acceptors (Lipinski definition) is 2. The summed E-state index contributed by atoms with van der Waals surface area (Å²) in [6.45, 7) is 0. The second-order valence-electron chi connectivity index (χ2n) is 3.58. The van der Waals surface area contributed by atoms with Crippen molar-refractivity contribution in [3.8, 4) is 17.0 Å². The van der Waals surface area contributed by atoms with Crippen molar-refractivity contribution in [2.24, 2.45) is 0 Å². The fourth-order valence-corrected chi connectivity index (χ4v) is 1.61. The predicted octanol–water partition coefficient (Wildman–Crippen LogP) is 4.13. The lowest BCUT2D eigenvalue weighted by atomic mass is 10.1. The number of rotatable bonds is 1. The van der Waals surface area contributed by atoms with Crippen LogP contribution in [0, 0.1) is 0 Å². The highest BCUT2D eigenvalue weighted by Crippen LogP contribution is 2.33. The quantitative estimate of drug-likeness (QED) is 0.793. The molecule has 2 aromatic rings. The Kier molecular flexibility index (Phi) is 3.17. The molecule has 0 aliphatic rings. The molecule has 0 radical (unpaired) electrons. The molecule has 18 heavy (non-hydrogen) atoms. The summed E-state index contributed by atoms with van der Waals surface area (Å²) in [5.41, 5.74) is -0.244. The van der Waals surface area contributed by atoms with E-state index in [9.17, 15) is 18.3 Å². The fourth-order valence-electron chi connectivity index (χ4n) is 1.46. The molecule has 1 aromatic carbocycles. The van der Waals surface area contributed by atoms with Gasteiger partial charge in [-0.1, -0.05) is 23.7 Å². The predicted molar refractivity (Wildman–Crippen MR) is 61.3 cm³/mol. The van der Waals surface area contributed by atoms with Gasteiger partial charge in [-0.3, -0.25) is 0 Å². The van der Waals surface area contributed by atoms with Gasteiger partial charge in [0, 0.05) is 5.56 Å². The minimum atomic E-state index is -4.39. The van der Waals surface area contributed by atoms with Crippen LogP contribution in [0.4, 0.5) is 13.2 Å². The van der Waals surface area contributed by atoms with Gasteiger partial charge in [0.25, 0.3) is 0 Å². The number of aromatic hydroxyl groups is 1. The second kappa shape index (κ2) is 4.49. The summed E-state index contributed by atoms with van der Waals surface area (Å²) >= 11 is 5.67. The third-order valence-corrected chi connectivity index (χ3v) is 2.54. The lowest BCUT2D eigenvalue weighted by Crippen LogP contribution is -2.04. The van der Waals surface area contributed by atoms with E-state index in [0.717, 1.165) is 12.1 Å². The highest BCUT2D eigenvalue weighted by atomic mass is 35.5. The first-order valence-corrected chi connectivity index (χ1v) is 5.29. The minimum absolute atomic E-state index is 0.140. The summed E-state index contributed by atoms with van der Waals surface area (Å²) < 4.78 is 37.1. The monoisotopic (exact) mass is 273 g/mol. The van der Waals surface area contributed by atoms with E-state index in [1.165, 1.54) is 24.3 Å². The van der Waals surface area contributed by atoms with E-state index >= 15 is 0 Å². The third-order valence-electron chi connectivity index (χ3n) is 2.33. The molecule has 0 atom stereocenters. The minimum Gasteiger partial charge on any atom is -0.506 e. The molecule has 1 aromatic heterocycles. The third kappa shape index (κ3) is 2.56. The number of aromatic nitrogens is 1. The standard InChI is InChI=1S/C12H7ClF3NO/c13-10-6-5-9(18)11(17-10)7-1-3-8(4-2-7)12(14,15)16/h1-6,18H. The van der Waals surface area contributed by atoms with Gasteiger partial charge in [-0.2, -0.15) is 13.2 Å². The number of halogens is 4. The van der Waals surface area contributed by atoms with E-state index in [1.807, 2.05) is 0 Å². The SMILES string of the molecule is Oc1ccc(Cl)nc1-c1ccc(C(F)(F)F)cc1. The zero-order valence-corrected chi connectivity index (χ0v) is 9.63. The van der Waals surface area contributed by atoms with Crippen molar-refractivity contribution in [3.63, 3.8) is 0 Å². The van der Waals surface area contributed by atoms with Gasteiger partial charge in [0.1, 0.15) is 16.6 Å². The first-order valence-electron chi connectivity index (χ1n) is 4.91. The molecule has 94 valence electrons. The van der Waals surface area contributed by atoms with Crippen molar-refractivity contribution in [3.05, 3.63) is 47.1 Å². The van der Waals surface area contributed by atoms with E-state index in [2.05, 4.69) is 4.98 Å². The van der Waals surface area contributed by atoms with Crippen LogP contribution in [0.1, 0.15) is 5.56 Å². The first kappa shape index (κ1) is 12.7.